The minimum atomic E-state index is -0.658. The van der Waals surface area contributed by atoms with Gasteiger partial charge in [-0.3, -0.25) is 9.89 Å². The predicted octanol–water partition coefficient (Wildman–Crippen LogP) is -2.53. The van der Waals surface area contributed by atoms with E-state index in [1.54, 1.807) is 0 Å². The molecule has 9 nitrogen and oxygen atoms in total. The van der Waals surface area contributed by atoms with Crippen molar-refractivity contribution in [3.8, 4) is 0 Å². The first-order valence-electron chi connectivity index (χ1n) is 6.30. The summed E-state index contributed by atoms with van der Waals surface area (Å²) in [6, 6.07) is 1.39. The second-order valence-corrected chi connectivity index (χ2v) is 4.55. The minimum Gasteiger partial charge on any atom is -0.404 e. The van der Waals surface area contributed by atoms with E-state index >= 15 is 0 Å². The van der Waals surface area contributed by atoms with Gasteiger partial charge in [-0.15, -0.1) is 10.2 Å². The lowest BCUT2D eigenvalue weighted by Crippen LogP contribution is -2.25. The lowest BCUT2D eigenvalue weighted by atomic mass is 9.90. The molecule has 0 fully saturated rings. The number of carbonyl (C=O) groups excluding carboxylic acids is 1. The van der Waals surface area contributed by atoms with Gasteiger partial charge in [0.15, 0.2) is 5.69 Å². The van der Waals surface area contributed by atoms with Crippen LogP contribution in [-0.4, -0.2) is 55.0 Å². The van der Waals surface area contributed by atoms with Crippen LogP contribution >= 0.6 is 0 Å². The number of amides is 1. The lowest BCUT2D eigenvalue weighted by Gasteiger charge is -2.13. The molecule has 0 aliphatic carbocycles. The Balaban J connectivity index is 2.10. The number of nitrogen functional groups attached to an aromatic ring is 1. The fraction of sp³-hybridized carbons (Fsp3) is 0. The molecule has 23 heavy (non-hydrogen) atoms. The summed E-state index contributed by atoms with van der Waals surface area (Å²) in [5.41, 5.74) is 6.73. The van der Waals surface area contributed by atoms with Crippen LogP contribution in [0, 0.1) is 0 Å². The third kappa shape index (κ3) is 2.58. The molecule has 3 aromatic rings. The molecule has 5 N–H and O–H groups in total. The van der Waals surface area contributed by atoms with E-state index < -0.39 is 5.91 Å². The molecular formula is C11H7B3N8O. The average molecular weight is 300 g/mol. The van der Waals surface area contributed by atoms with E-state index in [1.165, 1.54) is 12.3 Å². The van der Waals surface area contributed by atoms with Crippen molar-refractivity contribution in [2.75, 3.05) is 11.1 Å². The molecule has 0 saturated carbocycles. The van der Waals surface area contributed by atoms with E-state index in [0.29, 0.717) is 10.9 Å². The van der Waals surface area contributed by atoms with Crippen LogP contribution in [-0.2, 0) is 0 Å². The van der Waals surface area contributed by atoms with Crippen LogP contribution in [0.25, 0.3) is 10.9 Å². The molecule has 0 aliphatic heterocycles. The number of pyridine rings is 1. The smallest absolute Gasteiger partial charge is 0.261 e. The molecule has 12 heteroatoms. The Bertz CT molecular complexity index is 912. The number of nitrogens with zero attached hydrogens (tertiary/aromatic N) is 4. The van der Waals surface area contributed by atoms with Crippen molar-refractivity contribution in [2.24, 2.45) is 0 Å². The largest absolute Gasteiger partial charge is 0.404 e. The Labute approximate surface area is 134 Å². The van der Waals surface area contributed by atoms with E-state index in [4.69, 9.17) is 29.4 Å². The van der Waals surface area contributed by atoms with Gasteiger partial charge in [-0.2, -0.15) is 5.10 Å². The standard InChI is InChI=1S/C11H7B3N8O/c12-6-7-3(2-16-21-7)9(13)18-10(6)17-4-1-5(15)20-22-8(4)11(23)19-14/h1-2H,(H,16,21)(H,19,23)(H3,15,17,18,20). The highest BCUT2D eigenvalue weighted by atomic mass is 16.1. The van der Waals surface area contributed by atoms with Gasteiger partial charge in [0.1, 0.15) is 27.3 Å². The van der Waals surface area contributed by atoms with Crippen LogP contribution in [0.2, 0.25) is 0 Å². The number of carbonyl (C=O) groups is 1. The van der Waals surface area contributed by atoms with Crippen LogP contribution < -0.4 is 27.3 Å². The van der Waals surface area contributed by atoms with E-state index in [0.717, 1.165) is 0 Å². The van der Waals surface area contributed by atoms with Crippen molar-refractivity contribution >= 4 is 68.9 Å². The zero-order valence-electron chi connectivity index (χ0n) is 11.7. The molecule has 0 atom stereocenters. The summed E-state index contributed by atoms with van der Waals surface area (Å²) in [4.78, 5) is 15.9. The number of rotatable bonds is 3. The quantitative estimate of drug-likeness (QED) is 0.392. The van der Waals surface area contributed by atoms with Crippen LogP contribution in [0.15, 0.2) is 12.3 Å². The summed E-state index contributed by atoms with van der Waals surface area (Å²) in [5.74, 6) is -0.359. The van der Waals surface area contributed by atoms with Gasteiger partial charge in [0.2, 0.25) is 7.98 Å². The van der Waals surface area contributed by atoms with Crippen molar-refractivity contribution in [3.63, 3.8) is 0 Å². The van der Waals surface area contributed by atoms with E-state index in [1.807, 2.05) is 5.23 Å². The highest BCUT2D eigenvalue weighted by Crippen LogP contribution is 2.19. The normalized spacial score (nSPS) is 10.6. The van der Waals surface area contributed by atoms with E-state index in [2.05, 4.69) is 30.7 Å². The first kappa shape index (κ1) is 14.9. The summed E-state index contributed by atoms with van der Waals surface area (Å²) in [6.07, 6.45) is 1.51. The Morgan fingerprint density at radius 2 is 2.09 bits per heavy atom. The average Bonchev–Trinajstić information content (AvgIpc) is 3.02. The van der Waals surface area contributed by atoms with Gasteiger partial charge in [-0.1, -0.05) is 0 Å². The van der Waals surface area contributed by atoms with Gasteiger partial charge in [-0.05, 0) is 5.46 Å². The molecule has 106 valence electrons. The summed E-state index contributed by atoms with van der Waals surface area (Å²) in [7, 11) is 17.0. The number of hydrogen-bond acceptors (Lipinski definition) is 7. The maximum absolute atomic E-state index is 11.7. The van der Waals surface area contributed by atoms with Crippen LogP contribution in [0.4, 0.5) is 17.3 Å². The maximum atomic E-state index is 11.7. The van der Waals surface area contributed by atoms with Crippen LogP contribution in [0.5, 0.6) is 0 Å². The highest BCUT2D eigenvalue weighted by molar-refractivity contribution is 6.45. The monoisotopic (exact) mass is 300 g/mol. The van der Waals surface area contributed by atoms with Crippen molar-refractivity contribution in [2.45, 2.75) is 0 Å². The highest BCUT2D eigenvalue weighted by Gasteiger charge is 2.16. The Kier molecular flexibility index (Phi) is 3.64. The van der Waals surface area contributed by atoms with Gasteiger partial charge < -0.3 is 16.3 Å². The number of aromatic amines is 1. The molecule has 0 unspecified atom stereocenters. The third-order valence-corrected chi connectivity index (χ3v) is 3.08. The van der Waals surface area contributed by atoms with E-state index in [-0.39, 0.29) is 34.1 Å². The van der Waals surface area contributed by atoms with Crippen LogP contribution in [0.3, 0.4) is 0 Å². The van der Waals surface area contributed by atoms with Crippen molar-refractivity contribution in [3.05, 3.63) is 18.0 Å². The summed E-state index contributed by atoms with van der Waals surface area (Å²) in [6.45, 7) is 0. The summed E-state index contributed by atoms with van der Waals surface area (Å²) < 4.78 is 0. The molecular weight excluding hydrogens is 293 g/mol. The Hall–Kier alpha value is -3.04. The van der Waals surface area contributed by atoms with Gasteiger partial charge in [0.25, 0.3) is 5.91 Å². The van der Waals surface area contributed by atoms with Crippen molar-refractivity contribution < 1.29 is 4.79 Å². The fourth-order valence-electron chi connectivity index (χ4n) is 2.01. The first-order valence-corrected chi connectivity index (χ1v) is 6.30. The molecule has 3 heterocycles. The molecule has 3 aromatic heterocycles. The second kappa shape index (κ2) is 5.63. The SMILES string of the molecule is [B]NC(=O)c1nnc(N)cc1Nc1nc([B])c2cn[nH]c2c1[B]. The first-order chi connectivity index (χ1) is 11.0. The summed E-state index contributed by atoms with van der Waals surface area (Å²) >= 11 is 0. The maximum Gasteiger partial charge on any atom is 0.261 e. The number of H-pyrrole nitrogens is 1. The fourth-order valence-corrected chi connectivity index (χ4v) is 2.01. The van der Waals surface area contributed by atoms with Gasteiger partial charge in [0, 0.05) is 17.0 Å². The molecule has 3 rings (SSSR count). The molecule has 0 spiro atoms. The summed E-state index contributed by atoms with van der Waals surface area (Å²) in [5, 5.41) is 19.3. The molecule has 0 aromatic carbocycles. The number of anilines is 3. The number of aromatic nitrogens is 5. The zero-order chi connectivity index (χ0) is 16.6. The number of nitrogens with two attached hydrogens (primary N) is 1. The Morgan fingerprint density at radius 3 is 2.83 bits per heavy atom. The van der Waals surface area contributed by atoms with E-state index in [9.17, 15) is 4.79 Å². The van der Waals surface area contributed by atoms with Crippen molar-refractivity contribution in [1.29, 1.82) is 0 Å². The molecule has 0 bridgehead atoms. The second-order valence-electron chi connectivity index (χ2n) is 4.55. The van der Waals surface area contributed by atoms with Gasteiger partial charge in [-0.25, -0.2) is 4.98 Å². The lowest BCUT2D eigenvalue weighted by molar-refractivity contribution is 0.0977. The molecule has 1 amide bonds. The van der Waals surface area contributed by atoms with Gasteiger partial charge >= 0.3 is 0 Å². The molecule has 6 radical (unpaired) electrons. The molecule has 0 saturated heterocycles. The Morgan fingerprint density at radius 1 is 1.30 bits per heavy atom. The van der Waals surface area contributed by atoms with Crippen molar-refractivity contribution in [1.82, 2.24) is 30.6 Å². The predicted molar refractivity (Wildman–Crippen MR) is 87.6 cm³/mol. The number of nitrogens with one attached hydrogen (secondary N) is 3. The number of fused-ring (bicyclic) bond motifs is 1. The molecule has 0 aliphatic rings. The topological polar surface area (TPSA) is 134 Å². The third-order valence-electron chi connectivity index (χ3n) is 3.08. The minimum absolute atomic E-state index is 0.0776. The zero-order valence-corrected chi connectivity index (χ0v) is 11.7. The van der Waals surface area contributed by atoms with Gasteiger partial charge in [0.05, 0.1) is 17.4 Å². The number of hydrogen-bond donors (Lipinski definition) is 4. The van der Waals surface area contributed by atoms with Crippen LogP contribution in [0.1, 0.15) is 10.5 Å².